The lowest BCUT2D eigenvalue weighted by atomic mass is 9.98. The van der Waals surface area contributed by atoms with Gasteiger partial charge in [-0.1, -0.05) is 52.7 Å². The van der Waals surface area contributed by atoms with Gasteiger partial charge in [-0.05, 0) is 48.9 Å². The number of nitro benzene ring substituents is 1. The van der Waals surface area contributed by atoms with Crippen molar-refractivity contribution < 1.29 is 19.1 Å². The minimum atomic E-state index is -0.478. The molecule has 1 aliphatic rings. The maximum absolute atomic E-state index is 11.7. The first-order valence-corrected chi connectivity index (χ1v) is 13.7. The van der Waals surface area contributed by atoms with Crippen molar-refractivity contribution in [2.45, 2.75) is 36.6 Å². The molecule has 2 aromatic heterocycles. The van der Waals surface area contributed by atoms with E-state index in [2.05, 4.69) is 49.6 Å². The van der Waals surface area contributed by atoms with Gasteiger partial charge < -0.3 is 14.2 Å². The zero-order valence-electron chi connectivity index (χ0n) is 21.3. The van der Waals surface area contributed by atoms with E-state index < -0.39 is 4.92 Å². The van der Waals surface area contributed by atoms with E-state index in [-0.39, 0.29) is 18.4 Å². The quantitative estimate of drug-likeness (QED) is 0.110. The third kappa shape index (κ3) is 8.90. The molecular formula is C30H28BrN3O5. The molecule has 1 aliphatic carbocycles. The van der Waals surface area contributed by atoms with Gasteiger partial charge >= 0.3 is 0 Å². The molecule has 0 saturated heterocycles. The Balaban J connectivity index is 1.49. The Hall–Kier alpha value is -3.76. The topological polar surface area (TPSA) is 96.6 Å². The summed E-state index contributed by atoms with van der Waals surface area (Å²) in [4.78, 5) is 20.0. The Labute approximate surface area is 236 Å². The number of ether oxygens (including phenoxy) is 3. The van der Waals surface area contributed by atoms with Gasteiger partial charge in [-0.2, -0.15) is 0 Å². The van der Waals surface area contributed by atoms with Gasteiger partial charge in [0.05, 0.1) is 42.0 Å². The summed E-state index contributed by atoms with van der Waals surface area (Å²) >= 11 is 3.70. The summed E-state index contributed by atoms with van der Waals surface area (Å²) in [6.07, 6.45) is 8.09. The molecule has 9 heteroatoms. The van der Waals surface area contributed by atoms with Crippen LogP contribution in [0.4, 0.5) is 5.69 Å². The van der Waals surface area contributed by atoms with Gasteiger partial charge in [0.25, 0.3) is 5.69 Å². The fourth-order valence-electron chi connectivity index (χ4n) is 4.00. The highest BCUT2D eigenvalue weighted by Gasteiger charge is 2.23. The number of aromatic nitrogens is 2. The second kappa shape index (κ2) is 15.0. The highest BCUT2D eigenvalue weighted by molar-refractivity contribution is 9.09. The van der Waals surface area contributed by atoms with Crippen LogP contribution in [-0.4, -0.2) is 52.2 Å². The second-order valence-corrected chi connectivity index (χ2v) is 9.90. The first-order valence-electron chi connectivity index (χ1n) is 12.7. The molecule has 1 fully saturated rings. The molecule has 1 saturated carbocycles. The molecule has 0 unspecified atom stereocenters. The molecule has 0 bridgehead atoms. The van der Waals surface area contributed by atoms with E-state index in [9.17, 15) is 10.1 Å². The minimum Gasteiger partial charge on any atom is -0.489 e. The average molecular weight is 590 g/mol. The fraction of sp³-hybridized carbons (Fsp3) is 0.333. The van der Waals surface area contributed by atoms with Crippen LogP contribution < -0.4 is 4.74 Å². The van der Waals surface area contributed by atoms with E-state index in [0.717, 1.165) is 12.8 Å². The SMILES string of the molecule is O=[N+]([O-])c1cc(C#Cc2ccccn2)c(OCCOCCO[C@@H]2CCCC[C@H]2Br)c(C#Cc2ccccn2)c1. The zero-order chi connectivity index (χ0) is 27.3. The van der Waals surface area contributed by atoms with Crippen molar-refractivity contribution in [1.82, 2.24) is 9.97 Å². The molecule has 4 rings (SSSR count). The molecule has 0 amide bonds. The molecule has 39 heavy (non-hydrogen) atoms. The molecule has 0 radical (unpaired) electrons. The first-order chi connectivity index (χ1) is 19.1. The largest absolute Gasteiger partial charge is 0.489 e. The summed E-state index contributed by atoms with van der Waals surface area (Å²) < 4.78 is 17.7. The summed E-state index contributed by atoms with van der Waals surface area (Å²) in [5.74, 6) is 12.2. The number of nitro groups is 1. The maximum atomic E-state index is 11.7. The van der Waals surface area contributed by atoms with Gasteiger partial charge in [0.1, 0.15) is 18.0 Å². The Morgan fingerprint density at radius 1 is 0.872 bits per heavy atom. The fourth-order valence-corrected chi connectivity index (χ4v) is 4.74. The molecule has 200 valence electrons. The van der Waals surface area contributed by atoms with Gasteiger partial charge in [0, 0.05) is 29.4 Å². The Bertz CT molecular complexity index is 1280. The molecule has 3 aromatic rings. The summed E-state index contributed by atoms with van der Waals surface area (Å²) in [5, 5.41) is 11.7. The highest BCUT2D eigenvalue weighted by atomic mass is 79.9. The number of nitrogens with zero attached hydrogens (tertiary/aromatic N) is 3. The normalized spacial score (nSPS) is 16.3. The van der Waals surface area contributed by atoms with Crippen molar-refractivity contribution in [2.75, 3.05) is 26.4 Å². The van der Waals surface area contributed by atoms with Gasteiger partial charge in [0.15, 0.2) is 5.75 Å². The first kappa shape index (κ1) is 28.3. The number of pyridine rings is 2. The van der Waals surface area contributed by atoms with Gasteiger partial charge in [-0.15, -0.1) is 0 Å². The Morgan fingerprint density at radius 3 is 2.05 bits per heavy atom. The molecule has 2 atom stereocenters. The minimum absolute atomic E-state index is 0.140. The van der Waals surface area contributed by atoms with E-state index in [1.54, 1.807) is 36.7 Å². The lowest BCUT2D eigenvalue weighted by Gasteiger charge is -2.27. The lowest BCUT2D eigenvalue weighted by molar-refractivity contribution is -0.384. The third-order valence-corrected chi connectivity index (χ3v) is 6.97. The zero-order valence-corrected chi connectivity index (χ0v) is 22.9. The predicted molar refractivity (Wildman–Crippen MR) is 151 cm³/mol. The van der Waals surface area contributed by atoms with Crippen molar-refractivity contribution in [3.8, 4) is 29.4 Å². The summed E-state index contributed by atoms with van der Waals surface area (Å²) in [5.41, 5.74) is 1.60. The van der Waals surface area contributed by atoms with E-state index >= 15 is 0 Å². The van der Waals surface area contributed by atoms with E-state index in [1.165, 1.54) is 25.0 Å². The summed E-state index contributed by atoms with van der Waals surface area (Å²) in [6, 6.07) is 13.5. The maximum Gasteiger partial charge on any atom is 0.272 e. The number of halogens is 1. The van der Waals surface area contributed by atoms with Gasteiger partial charge in [0.2, 0.25) is 0 Å². The van der Waals surface area contributed by atoms with Crippen LogP contribution in [-0.2, 0) is 9.47 Å². The highest BCUT2D eigenvalue weighted by Crippen LogP contribution is 2.29. The van der Waals surface area contributed by atoms with E-state index in [4.69, 9.17) is 14.2 Å². The van der Waals surface area contributed by atoms with Crippen molar-refractivity contribution in [3.63, 3.8) is 0 Å². The smallest absolute Gasteiger partial charge is 0.272 e. The summed E-state index contributed by atoms with van der Waals surface area (Å²) in [7, 11) is 0. The number of hydrogen-bond donors (Lipinski definition) is 0. The third-order valence-electron chi connectivity index (χ3n) is 5.92. The van der Waals surface area contributed by atoms with Crippen LogP contribution in [0.2, 0.25) is 0 Å². The van der Waals surface area contributed by atoms with Crippen molar-refractivity contribution >= 4 is 21.6 Å². The molecule has 0 N–H and O–H groups in total. The predicted octanol–water partition coefficient (Wildman–Crippen LogP) is 5.30. The van der Waals surface area contributed by atoms with Crippen LogP contribution >= 0.6 is 15.9 Å². The van der Waals surface area contributed by atoms with Crippen LogP contribution in [0.3, 0.4) is 0 Å². The van der Waals surface area contributed by atoms with Crippen LogP contribution in [0.25, 0.3) is 0 Å². The number of non-ortho nitro benzene ring substituents is 1. The van der Waals surface area contributed by atoms with Crippen LogP contribution in [0.15, 0.2) is 60.9 Å². The van der Waals surface area contributed by atoms with Crippen molar-refractivity contribution in [3.05, 3.63) is 93.6 Å². The summed E-state index contributed by atoms with van der Waals surface area (Å²) in [6.45, 7) is 1.46. The molecule has 1 aromatic carbocycles. The number of rotatable bonds is 9. The molecule has 0 aliphatic heterocycles. The standard InChI is InChI=1S/C30H28BrN3O5/c31-28-9-1-2-10-29(28)38-19-17-37-18-20-39-30-23(11-13-25-7-3-5-15-32-25)21-27(34(35)36)22-24(30)12-14-26-8-4-6-16-33-26/h3-8,15-16,21-22,28-29H,1-2,9-10,17-20H2/t28-,29-/m1/s1. The van der Waals surface area contributed by atoms with Crippen LogP contribution in [0.1, 0.15) is 48.2 Å². The lowest BCUT2D eigenvalue weighted by Crippen LogP contribution is -2.29. The Kier molecular flexibility index (Phi) is 10.9. The average Bonchev–Trinajstić information content (AvgIpc) is 2.96. The monoisotopic (exact) mass is 589 g/mol. The molecular weight excluding hydrogens is 562 g/mol. The number of alkyl halides is 1. The Morgan fingerprint density at radius 2 is 1.49 bits per heavy atom. The molecule has 8 nitrogen and oxygen atoms in total. The van der Waals surface area contributed by atoms with Gasteiger partial charge in [-0.25, -0.2) is 9.97 Å². The molecule has 0 spiro atoms. The number of hydrogen-bond acceptors (Lipinski definition) is 7. The van der Waals surface area contributed by atoms with Crippen LogP contribution in [0.5, 0.6) is 5.75 Å². The van der Waals surface area contributed by atoms with E-state index in [1.807, 2.05) is 12.1 Å². The van der Waals surface area contributed by atoms with Crippen molar-refractivity contribution in [1.29, 1.82) is 0 Å². The van der Waals surface area contributed by atoms with Crippen LogP contribution in [0, 0.1) is 33.8 Å². The number of benzene rings is 1. The van der Waals surface area contributed by atoms with Gasteiger partial charge in [-0.3, -0.25) is 10.1 Å². The van der Waals surface area contributed by atoms with Crippen molar-refractivity contribution in [2.24, 2.45) is 0 Å². The molecule has 2 heterocycles. The van der Waals surface area contributed by atoms with E-state index in [0.29, 0.717) is 52.9 Å². The second-order valence-electron chi connectivity index (χ2n) is 8.73.